The molecule has 2 aromatic heterocycles. The summed E-state index contributed by atoms with van der Waals surface area (Å²) in [4.78, 5) is 35.7. The van der Waals surface area contributed by atoms with E-state index in [-0.39, 0.29) is 17.5 Å². The first-order chi connectivity index (χ1) is 14.6. The molecule has 4 rings (SSSR count). The van der Waals surface area contributed by atoms with Crippen LogP contribution in [0, 0.1) is 12.8 Å². The Balaban J connectivity index is 1.23. The SMILES string of the molecule is Cc1nonc1C(=O)N1CCC[C@@H](CCC(=O)N2CCN(c3ccccn3)CC2)C1. The molecular formula is C21H28N6O3. The number of carbonyl (C=O) groups is 2. The van der Waals surface area contributed by atoms with E-state index < -0.39 is 0 Å². The quantitative estimate of drug-likeness (QED) is 0.738. The summed E-state index contributed by atoms with van der Waals surface area (Å²) in [6.45, 7) is 6.15. The van der Waals surface area contributed by atoms with E-state index in [0.717, 1.165) is 51.3 Å². The third kappa shape index (κ3) is 4.60. The van der Waals surface area contributed by atoms with E-state index in [1.54, 1.807) is 13.1 Å². The van der Waals surface area contributed by atoms with E-state index in [0.29, 0.717) is 31.1 Å². The van der Waals surface area contributed by atoms with Gasteiger partial charge in [0.2, 0.25) is 5.91 Å². The highest BCUT2D eigenvalue weighted by Gasteiger charge is 2.29. The van der Waals surface area contributed by atoms with Crippen LogP contribution in [0.1, 0.15) is 41.9 Å². The zero-order valence-corrected chi connectivity index (χ0v) is 17.4. The van der Waals surface area contributed by atoms with Crippen molar-refractivity contribution in [1.82, 2.24) is 25.1 Å². The number of likely N-dealkylation sites (tertiary alicyclic amines) is 1. The molecule has 0 N–H and O–H groups in total. The van der Waals surface area contributed by atoms with Crippen LogP contribution in [0.3, 0.4) is 0 Å². The van der Waals surface area contributed by atoms with Crippen molar-refractivity contribution in [1.29, 1.82) is 0 Å². The highest BCUT2D eigenvalue weighted by Crippen LogP contribution is 2.23. The number of pyridine rings is 1. The standard InChI is InChI=1S/C21H28N6O3/c1-16-20(24-30-23-16)21(29)27-10-4-5-17(15-27)7-8-19(28)26-13-11-25(12-14-26)18-6-2-3-9-22-18/h2-3,6,9,17H,4-5,7-8,10-15H2,1H3/t17-/m0/s1. The highest BCUT2D eigenvalue weighted by atomic mass is 16.6. The lowest BCUT2D eigenvalue weighted by Crippen LogP contribution is -2.49. The fraction of sp³-hybridized carbons (Fsp3) is 0.571. The van der Waals surface area contributed by atoms with Crippen molar-refractivity contribution in [2.45, 2.75) is 32.6 Å². The molecule has 2 aromatic rings. The molecule has 1 atom stereocenters. The predicted octanol–water partition coefficient (Wildman–Crippen LogP) is 1.75. The second-order valence-electron chi connectivity index (χ2n) is 8.05. The maximum atomic E-state index is 12.7. The van der Waals surface area contributed by atoms with Crippen LogP contribution in [0.5, 0.6) is 0 Å². The maximum Gasteiger partial charge on any atom is 0.278 e. The highest BCUT2D eigenvalue weighted by molar-refractivity contribution is 5.93. The first-order valence-corrected chi connectivity index (χ1v) is 10.6. The molecule has 2 fully saturated rings. The van der Waals surface area contributed by atoms with Crippen LogP contribution < -0.4 is 4.90 Å². The molecule has 2 amide bonds. The fourth-order valence-electron chi connectivity index (χ4n) is 4.27. The minimum Gasteiger partial charge on any atom is -0.353 e. The number of hydrogen-bond donors (Lipinski definition) is 0. The second-order valence-corrected chi connectivity index (χ2v) is 8.05. The van der Waals surface area contributed by atoms with Crippen LogP contribution in [-0.4, -0.2) is 76.2 Å². The average Bonchev–Trinajstić information content (AvgIpc) is 3.23. The number of piperazine rings is 1. The van der Waals surface area contributed by atoms with Crippen molar-refractivity contribution in [2.75, 3.05) is 44.2 Å². The number of amides is 2. The van der Waals surface area contributed by atoms with Crippen molar-refractivity contribution < 1.29 is 14.2 Å². The molecule has 2 aliphatic rings. The van der Waals surface area contributed by atoms with E-state index in [1.165, 1.54) is 0 Å². The van der Waals surface area contributed by atoms with Crippen molar-refractivity contribution in [3.63, 3.8) is 0 Å². The number of piperidine rings is 1. The zero-order chi connectivity index (χ0) is 20.9. The minimum atomic E-state index is -0.129. The van der Waals surface area contributed by atoms with Crippen LogP contribution in [0.15, 0.2) is 29.0 Å². The van der Waals surface area contributed by atoms with E-state index in [4.69, 9.17) is 0 Å². The lowest BCUT2D eigenvalue weighted by molar-refractivity contribution is -0.131. The molecule has 0 unspecified atom stereocenters. The van der Waals surface area contributed by atoms with Crippen molar-refractivity contribution >= 4 is 17.6 Å². The number of rotatable bonds is 5. The summed E-state index contributed by atoms with van der Waals surface area (Å²) in [6, 6.07) is 5.90. The van der Waals surface area contributed by atoms with Crippen LogP contribution in [0.4, 0.5) is 5.82 Å². The summed E-state index contributed by atoms with van der Waals surface area (Å²) < 4.78 is 4.66. The Bertz CT molecular complexity index is 863. The molecule has 9 nitrogen and oxygen atoms in total. The summed E-state index contributed by atoms with van der Waals surface area (Å²) >= 11 is 0. The Labute approximate surface area is 176 Å². The van der Waals surface area contributed by atoms with Gasteiger partial charge in [-0.3, -0.25) is 9.59 Å². The first-order valence-electron chi connectivity index (χ1n) is 10.6. The number of carbonyl (C=O) groups excluding carboxylic acids is 2. The fourth-order valence-corrected chi connectivity index (χ4v) is 4.27. The molecule has 0 aromatic carbocycles. The van der Waals surface area contributed by atoms with Gasteiger partial charge in [0.05, 0.1) is 0 Å². The van der Waals surface area contributed by atoms with Gasteiger partial charge >= 0.3 is 0 Å². The van der Waals surface area contributed by atoms with Crippen molar-refractivity contribution in [2.24, 2.45) is 5.92 Å². The van der Waals surface area contributed by atoms with Gasteiger partial charge in [-0.2, -0.15) is 0 Å². The first kappa shape index (κ1) is 20.3. The molecule has 2 saturated heterocycles. The third-order valence-corrected chi connectivity index (χ3v) is 6.03. The molecule has 0 bridgehead atoms. The molecule has 9 heteroatoms. The summed E-state index contributed by atoms with van der Waals surface area (Å²) in [5.41, 5.74) is 0.805. The maximum absolute atomic E-state index is 12.7. The van der Waals surface area contributed by atoms with Gasteiger partial charge in [-0.25, -0.2) is 9.61 Å². The number of anilines is 1. The summed E-state index contributed by atoms with van der Waals surface area (Å²) in [5, 5.41) is 7.43. The van der Waals surface area contributed by atoms with E-state index in [9.17, 15) is 9.59 Å². The molecule has 4 heterocycles. The molecule has 0 radical (unpaired) electrons. The molecule has 160 valence electrons. The van der Waals surface area contributed by atoms with Gasteiger partial charge < -0.3 is 14.7 Å². The Kier molecular flexibility index (Phi) is 6.25. The Morgan fingerprint density at radius 2 is 1.93 bits per heavy atom. The zero-order valence-electron chi connectivity index (χ0n) is 17.4. The molecule has 0 spiro atoms. The lowest BCUT2D eigenvalue weighted by atomic mass is 9.93. The third-order valence-electron chi connectivity index (χ3n) is 6.03. The van der Waals surface area contributed by atoms with E-state index in [1.807, 2.05) is 28.0 Å². The Morgan fingerprint density at radius 1 is 1.10 bits per heavy atom. The van der Waals surface area contributed by atoms with Gasteiger partial charge in [0.15, 0.2) is 5.69 Å². The van der Waals surface area contributed by atoms with Gasteiger partial charge in [0, 0.05) is 51.9 Å². The van der Waals surface area contributed by atoms with E-state index in [2.05, 4.69) is 24.8 Å². The predicted molar refractivity (Wildman–Crippen MR) is 110 cm³/mol. The van der Waals surface area contributed by atoms with Crippen LogP contribution in [0.2, 0.25) is 0 Å². The van der Waals surface area contributed by atoms with Crippen molar-refractivity contribution in [3.8, 4) is 0 Å². The monoisotopic (exact) mass is 412 g/mol. The van der Waals surface area contributed by atoms with Gasteiger partial charge in [-0.1, -0.05) is 11.2 Å². The van der Waals surface area contributed by atoms with Gasteiger partial charge in [-0.05, 0) is 49.4 Å². The average molecular weight is 412 g/mol. The lowest BCUT2D eigenvalue weighted by Gasteiger charge is -2.36. The van der Waals surface area contributed by atoms with Gasteiger partial charge in [0.1, 0.15) is 11.5 Å². The van der Waals surface area contributed by atoms with Crippen LogP contribution in [0.25, 0.3) is 0 Å². The second kappa shape index (κ2) is 9.23. The minimum absolute atomic E-state index is 0.129. The topological polar surface area (TPSA) is 95.7 Å². The van der Waals surface area contributed by atoms with Crippen molar-refractivity contribution in [3.05, 3.63) is 35.8 Å². The van der Waals surface area contributed by atoms with Gasteiger partial charge in [-0.15, -0.1) is 0 Å². The number of aromatic nitrogens is 3. The Hall–Kier alpha value is -2.97. The Morgan fingerprint density at radius 3 is 2.63 bits per heavy atom. The summed E-state index contributed by atoms with van der Waals surface area (Å²) in [7, 11) is 0. The number of hydrogen-bond acceptors (Lipinski definition) is 7. The largest absolute Gasteiger partial charge is 0.353 e. The van der Waals surface area contributed by atoms with Crippen LogP contribution >= 0.6 is 0 Å². The van der Waals surface area contributed by atoms with E-state index >= 15 is 0 Å². The summed E-state index contributed by atoms with van der Waals surface area (Å²) in [6.07, 6.45) is 5.11. The molecule has 30 heavy (non-hydrogen) atoms. The van der Waals surface area contributed by atoms with Crippen LogP contribution in [-0.2, 0) is 4.79 Å². The van der Waals surface area contributed by atoms with Gasteiger partial charge in [0.25, 0.3) is 5.91 Å². The molecule has 2 aliphatic heterocycles. The molecule has 0 aliphatic carbocycles. The number of nitrogens with zero attached hydrogens (tertiary/aromatic N) is 6. The number of aryl methyl sites for hydroxylation is 1. The smallest absolute Gasteiger partial charge is 0.278 e. The molecular weight excluding hydrogens is 384 g/mol. The normalized spacial score (nSPS) is 19.8. The molecule has 0 saturated carbocycles. The summed E-state index contributed by atoms with van der Waals surface area (Å²) in [5.74, 6) is 1.38.